The summed E-state index contributed by atoms with van der Waals surface area (Å²) in [5.41, 5.74) is 0.632. The second-order valence-corrected chi connectivity index (χ2v) is 9.75. The van der Waals surface area contributed by atoms with Crippen molar-refractivity contribution in [2.45, 2.75) is 30.4 Å². The third-order valence-electron chi connectivity index (χ3n) is 5.36. The fraction of sp³-hybridized carbons (Fsp3) is 0.318. The Labute approximate surface area is 185 Å². The normalized spacial score (nSPS) is 16.8. The van der Waals surface area contributed by atoms with Crippen molar-refractivity contribution < 1.29 is 17.9 Å². The number of hydrogen-bond acceptors (Lipinski definition) is 5. The molecule has 1 fully saturated rings. The Kier molecular flexibility index (Phi) is 6.34. The molecule has 7 nitrogen and oxygen atoms in total. The SMILES string of the molecule is COc1ccc2[nH]c(=O)c(CN(C[C@H]3CCCO3)S(=O)(=O)c3ccccc3Cl)cc2c1. The van der Waals surface area contributed by atoms with E-state index in [9.17, 15) is 13.2 Å². The number of aromatic nitrogens is 1. The number of ether oxygens (including phenoxy) is 2. The molecule has 0 spiro atoms. The van der Waals surface area contributed by atoms with Gasteiger partial charge in [-0.3, -0.25) is 4.79 Å². The van der Waals surface area contributed by atoms with Crippen molar-refractivity contribution in [3.05, 3.63) is 69.5 Å². The predicted molar refractivity (Wildman–Crippen MR) is 119 cm³/mol. The molecule has 0 amide bonds. The van der Waals surface area contributed by atoms with Gasteiger partial charge in [-0.2, -0.15) is 4.31 Å². The number of fused-ring (bicyclic) bond motifs is 1. The number of methoxy groups -OCH3 is 1. The van der Waals surface area contributed by atoms with Gasteiger partial charge in [0.1, 0.15) is 10.6 Å². The molecule has 3 aromatic rings. The maximum absolute atomic E-state index is 13.5. The van der Waals surface area contributed by atoms with Crippen LogP contribution >= 0.6 is 11.6 Å². The van der Waals surface area contributed by atoms with E-state index in [-0.39, 0.29) is 34.7 Å². The van der Waals surface area contributed by atoms with Crippen molar-refractivity contribution in [3.63, 3.8) is 0 Å². The van der Waals surface area contributed by atoms with E-state index in [1.54, 1.807) is 43.5 Å². The number of H-pyrrole nitrogens is 1. The zero-order chi connectivity index (χ0) is 22.0. The zero-order valence-electron chi connectivity index (χ0n) is 17.0. The number of halogens is 1. The third kappa shape index (κ3) is 4.62. The van der Waals surface area contributed by atoms with Crippen LogP contribution in [0.3, 0.4) is 0 Å². The van der Waals surface area contributed by atoms with Gasteiger partial charge in [0.25, 0.3) is 5.56 Å². The monoisotopic (exact) mass is 462 g/mol. The maximum atomic E-state index is 13.5. The molecule has 164 valence electrons. The minimum absolute atomic E-state index is 0.00792. The topological polar surface area (TPSA) is 88.7 Å². The largest absolute Gasteiger partial charge is 0.497 e. The molecule has 1 aliphatic heterocycles. The molecule has 1 aliphatic rings. The maximum Gasteiger partial charge on any atom is 0.252 e. The number of nitrogens with zero attached hydrogens (tertiary/aromatic N) is 1. The van der Waals surface area contributed by atoms with Gasteiger partial charge in [-0.15, -0.1) is 0 Å². The quantitative estimate of drug-likeness (QED) is 0.580. The molecule has 31 heavy (non-hydrogen) atoms. The third-order valence-corrected chi connectivity index (χ3v) is 7.67. The van der Waals surface area contributed by atoms with E-state index >= 15 is 0 Å². The number of benzene rings is 2. The molecule has 0 unspecified atom stereocenters. The van der Waals surface area contributed by atoms with E-state index in [2.05, 4.69) is 4.98 Å². The summed E-state index contributed by atoms with van der Waals surface area (Å²) >= 11 is 6.20. The van der Waals surface area contributed by atoms with Crippen LogP contribution in [-0.2, 0) is 21.3 Å². The number of pyridine rings is 1. The molecule has 2 aromatic carbocycles. The van der Waals surface area contributed by atoms with Crippen molar-refractivity contribution in [1.29, 1.82) is 0 Å². The summed E-state index contributed by atoms with van der Waals surface area (Å²) in [4.78, 5) is 15.6. The van der Waals surface area contributed by atoms with Crippen LogP contribution in [0.1, 0.15) is 18.4 Å². The first-order valence-electron chi connectivity index (χ1n) is 9.95. The van der Waals surface area contributed by atoms with Crippen molar-refractivity contribution in [3.8, 4) is 5.75 Å². The number of nitrogens with one attached hydrogen (secondary N) is 1. The smallest absolute Gasteiger partial charge is 0.252 e. The molecule has 1 saturated heterocycles. The molecule has 2 heterocycles. The Morgan fingerprint density at radius 1 is 1.23 bits per heavy atom. The van der Waals surface area contributed by atoms with Gasteiger partial charge in [-0.1, -0.05) is 23.7 Å². The average molecular weight is 463 g/mol. The van der Waals surface area contributed by atoms with Crippen LogP contribution in [0.4, 0.5) is 0 Å². The van der Waals surface area contributed by atoms with Crippen molar-refractivity contribution in [2.75, 3.05) is 20.3 Å². The Morgan fingerprint density at radius 3 is 2.74 bits per heavy atom. The second-order valence-electron chi connectivity index (χ2n) is 7.44. The molecule has 1 aromatic heterocycles. The first kappa shape index (κ1) is 21.8. The van der Waals surface area contributed by atoms with Gasteiger partial charge in [0.2, 0.25) is 10.0 Å². The minimum atomic E-state index is -3.96. The first-order valence-corrected chi connectivity index (χ1v) is 11.8. The summed E-state index contributed by atoms with van der Waals surface area (Å²) in [5.74, 6) is 0.644. The second kappa shape index (κ2) is 9.00. The molecule has 9 heteroatoms. The van der Waals surface area contributed by atoms with Crippen LogP contribution in [0.5, 0.6) is 5.75 Å². The Hall–Kier alpha value is -2.39. The molecule has 1 atom stereocenters. The van der Waals surface area contributed by atoms with E-state index in [0.29, 0.717) is 23.4 Å². The Bertz CT molecular complexity index is 1250. The summed E-state index contributed by atoms with van der Waals surface area (Å²) in [6.07, 6.45) is 1.41. The lowest BCUT2D eigenvalue weighted by molar-refractivity contribution is 0.0925. The number of hydrogen-bond donors (Lipinski definition) is 1. The van der Waals surface area contributed by atoms with Crippen LogP contribution in [0.25, 0.3) is 10.9 Å². The summed E-state index contributed by atoms with van der Waals surface area (Å²) in [6.45, 7) is 0.639. The lowest BCUT2D eigenvalue weighted by Crippen LogP contribution is -2.38. The zero-order valence-corrected chi connectivity index (χ0v) is 18.6. The highest BCUT2D eigenvalue weighted by Gasteiger charge is 2.31. The molecule has 4 rings (SSSR count). The fourth-order valence-corrected chi connectivity index (χ4v) is 5.66. The van der Waals surface area contributed by atoms with Crippen molar-refractivity contribution in [2.24, 2.45) is 0 Å². The lowest BCUT2D eigenvalue weighted by atomic mass is 10.1. The van der Waals surface area contributed by atoms with E-state index in [4.69, 9.17) is 21.1 Å². The molecular weight excluding hydrogens is 440 g/mol. The van der Waals surface area contributed by atoms with Gasteiger partial charge >= 0.3 is 0 Å². The number of rotatable bonds is 7. The molecule has 1 N–H and O–H groups in total. The van der Waals surface area contributed by atoms with Crippen LogP contribution in [-0.4, -0.2) is 44.1 Å². The van der Waals surface area contributed by atoms with E-state index < -0.39 is 10.0 Å². The van der Waals surface area contributed by atoms with Crippen molar-refractivity contribution >= 4 is 32.5 Å². The van der Waals surface area contributed by atoms with Crippen molar-refractivity contribution in [1.82, 2.24) is 9.29 Å². The first-order chi connectivity index (χ1) is 14.9. The van der Waals surface area contributed by atoms with Gasteiger partial charge in [0.05, 0.1) is 18.2 Å². The van der Waals surface area contributed by atoms with Gasteiger partial charge in [-0.05, 0) is 49.2 Å². The van der Waals surface area contributed by atoms with Gasteiger partial charge in [-0.25, -0.2) is 8.42 Å². The van der Waals surface area contributed by atoms with Gasteiger partial charge < -0.3 is 14.5 Å². The number of sulfonamides is 1. The number of aromatic amines is 1. The summed E-state index contributed by atoms with van der Waals surface area (Å²) in [7, 11) is -2.39. The highest BCUT2D eigenvalue weighted by Crippen LogP contribution is 2.27. The lowest BCUT2D eigenvalue weighted by Gasteiger charge is -2.25. The molecule has 0 aliphatic carbocycles. The highest BCUT2D eigenvalue weighted by atomic mass is 35.5. The van der Waals surface area contributed by atoms with E-state index in [1.807, 2.05) is 0 Å². The highest BCUT2D eigenvalue weighted by molar-refractivity contribution is 7.89. The van der Waals surface area contributed by atoms with E-state index in [1.165, 1.54) is 16.4 Å². The standard InChI is InChI=1S/C22H23ClN2O5S/c1-29-17-8-9-20-15(12-17)11-16(22(26)24-20)13-25(14-18-5-4-10-30-18)31(27,28)21-7-3-2-6-19(21)23/h2-3,6-9,11-12,18H,4-5,10,13-14H2,1H3,(H,24,26)/t18-/m1/s1. The van der Waals surface area contributed by atoms with E-state index in [0.717, 1.165) is 18.2 Å². The molecule has 0 bridgehead atoms. The summed E-state index contributed by atoms with van der Waals surface area (Å²) in [6, 6.07) is 13.3. The molecular formula is C22H23ClN2O5S. The summed E-state index contributed by atoms with van der Waals surface area (Å²) in [5, 5.41) is 0.887. The summed E-state index contributed by atoms with van der Waals surface area (Å²) < 4.78 is 39.2. The Morgan fingerprint density at radius 2 is 2.03 bits per heavy atom. The van der Waals surface area contributed by atoms with Gasteiger partial charge in [0.15, 0.2) is 0 Å². The predicted octanol–water partition coefficient (Wildman–Crippen LogP) is 3.56. The van der Waals surface area contributed by atoms with Crippen LogP contribution in [0.15, 0.2) is 58.2 Å². The van der Waals surface area contributed by atoms with Crippen LogP contribution in [0, 0.1) is 0 Å². The molecule has 0 radical (unpaired) electrons. The van der Waals surface area contributed by atoms with Crippen LogP contribution in [0.2, 0.25) is 5.02 Å². The average Bonchev–Trinajstić information content (AvgIpc) is 3.27. The Balaban J connectivity index is 1.75. The van der Waals surface area contributed by atoms with Crippen LogP contribution < -0.4 is 10.3 Å². The van der Waals surface area contributed by atoms with Gasteiger partial charge in [0, 0.05) is 36.2 Å². The molecule has 0 saturated carbocycles. The fourth-order valence-electron chi connectivity index (χ4n) is 3.72. The minimum Gasteiger partial charge on any atom is -0.497 e.